The Bertz CT molecular complexity index is 816. The van der Waals surface area contributed by atoms with E-state index >= 15 is 0 Å². The number of alkyl halides is 1. The molecule has 2 spiro atoms. The van der Waals surface area contributed by atoms with Gasteiger partial charge in [-0.2, -0.15) is 0 Å². The number of allylic oxidation sites excluding steroid dienone is 4. The summed E-state index contributed by atoms with van der Waals surface area (Å²) in [6.07, 6.45) is 11.2. The minimum absolute atomic E-state index is 0.0152. The lowest BCUT2D eigenvalue weighted by molar-refractivity contribution is -0.265. The predicted molar refractivity (Wildman–Crippen MR) is 128 cm³/mol. The third kappa shape index (κ3) is 3.02. The van der Waals surface area contributed by atoms with Crippen molar-refractivity contribution in [1.82, 2.24) is 0 Å². The van der Waals surface area contributed by atoms with Crippen LogP contribution < -0.4 is 0 Å². The van der Waals surface area contributed by atoms with Gasteiger partial charge in [-0.05, 0) is 43.4 Å². The number of hydrogen-bond acceptors (Lipinski definition) is 5. The Hall–Kier alpha value is -0.430. The van der Waals surface area contributed by atoms with E-state index in [-0.39, 0.29) is 47.5 Å². The number of aliphatic hydroxyl groups excluding tert-OH is 1. The van der Waals surface area contributed by atoms with Crippen LogP contribution in [-0.2, 0) is 18.9 Å². The van der Waals surface area contributed by atoms with Gasteiger partial charge < -0.3 is 24.1 Å². The van der Waals surface area contributed by atoms with Crippen molar-refractivity contribution in [1.29, 1.82) is 0 Å². The van der Waals surface area contributed by atoms with Crippen molar-refractivity contribution in [3.8, 4) is 0 Å². The van der Waals surface area contributed by atoms with E-state index in [0.29, 0.717) is 18.9 Å². The van der Waals surface area contributed by atoms with Gasteiger partial charge in [-0.25, -0.2) is 0 Å². The maximum Gasteiger partial charge on any atom is 0.227 e. The normalized spacial score (nSPS) is 54.5. The average molecular weight is 481 g/mol. The number of fused-ring (bicyclic) bond motifs is 7. The van der Waals surface area contributed by atoms with Crippen LogP contribution in [0.1, 0.15) is 66.7 Å². The first-order valence-corrected chi connectivity index (χ1v) is 13.3. The van der Waals surface area contributed by atoms with Crippen molar-refractivity contribution >= 4 is 11.6 Å². The molecule has 0 amide bonds. The standard InChI is InChI=1S/C24H33ClO5.C3H8/c1-14-8-16-19-17(25)9-15-6-4-5-7-21(15,2)20(19)18(26)10-22(16,3)24(14)23(29-13-30-24)11-27-12-28-23;1-3-2/h5-7,14,16-20,26H,4,8-13H2,1-3H3;3H2,1-2H3/t14-,16+,17-,18+,19-,20+,21+,22+,23?,24-;/m1./s1. The van der Waals surface area contributed by atoms with Gasteiger partial charge in [-0.1, -0.05) is 64.8 Å². The monoisotopic (exact) mass is 480 g/mol. The zero-order chi connectivity index (χ0) is 23.6. The molecule has 10 atom stereocenters. The maximum absolute atomic E-state index is 11.7. The van der Waals surface area contributed by atoms with E-state index in [9.17, 15) is 5.11 Å². The third-order valence-corrected chi connectivity index (χ3v) is 10.3. The quantitative estimate of drug-likeness (QED) is 0.371. The summed E-state index contributed by atoms with van der Waals surface area (Å²) in [6.45, 7) is 11.9. The average Bonchev–Trinajstić information content (AvgIpc) is 3.44. The van der Waals surface area contributed by atoms with Crippen LogP contribution >= 0.6 is 11.6 Å². The fourth-order valence-corrected chi connectivity index (χ4v) is 9.40. The minimum atomic E-state index is -0.890. The smallest absolute Gasteiger partial charge is 0.227 e. The Morgan fingerprint density at radius 1 is 1.15 bits per heavy atom. The molecule has 0 aromatic carbocycles. The van der Waals surface area contributed by atoms with Crippen LogP contribution in [0.3, 0.4) is 0 Å². The fourth-order valence-electron chi connectivity index (χ4n) is 8.90. The van der Waals surface area contributed by atoms with Gasteiger partial charge in [-0.3, -0.25) is 0 Å². The van der Waals surface area contributed by atoms with Crippen molar-refractivity contribution in [2.75, 3.05) is 20.2 Å². The van der Waals surface area contributed by atoms with Crippen LogP contribution in [0.4, 0.5) is 0 Å². The first-order chi connectivity index (χ1) is 15.7. The molecule has 6 rings (SSSR count). The third-order valence-electron chi connectivity index (χ3n) is 9.89. The van der Waals surface area contributed by atoms with E-state index in [4.69, 9.17) is 30.5 Å². The number of ether oxygens (including phenoxy) is 4. The molecule has 186 valence electrons. The first kappa shape index (κ1) is 24.3. The van der Waals surface area contributed by atoms with Gasteiger partial charge in [0.15, 0.2) is 13.6 Å². The van der Waals surface area contributed by atoms with E-state index in [0.717, 1.165) is 19.3 Å². The maximum atomic E-state index is 11.7. The SMILES string of the molecule is CCC.C[C@@H]1C[C@H]2[C@H]3[C@H]([C@@H](O)C[C@]2(C)[C@]12OCOC21COCO1)[C@@]1(C)C=CCC=C1C[C@H]3Cl. The summed E-state index contributed by atoms with van der Waals surface area (Å²) in [5, 5.41) is 11.7. The molecule has 1 N–H and O–H groups in total. The van der Waals surface area contributed by atoms with Gasteiger partial charge in [-0.15, -0.1) is 11.6 Å². The summed E-state index contributed by atoms with van der Waals surface area (Å²) in [5.41, 5.74) is 0.342. The molecule has 0 aromatic rings. The second kappa shape index (κ2) is 8.31. The van der Waals surface area contributed by atoms with Crippen molar-refractivity contribution in [2.45, 2.75) is 89.6 Å². The number of halogens is 1. The van der Waals surface area contributed by atoms with Crippen LogP contribution in [0, 0.1) is 34.5 Å². The van der Waals surface area contributed by atoms with Crippen LogP contribution in [0.15, 0.2) is 23.8 Å². The molecule has 0 radical (unpaired) electrons. The van der Waals surface area contributed by atoms with Crippen molar-refractivity contribution in [2.24, 2.45) is 34.5 Å². The molecule has 0 bridgehead atoms. The summed E-state index contributed by atoms with van der Waals surface area (Å²) in [5.74, 6) is 0.00306. The summed E-state index contributed by atoms with van der Waals surface area (Å²) in [7, 11) is 0. The summed E-state index contributed by atoms with van der Waals surface area (Å²) >= 11 is 7.16. The van der Waals surface area contributed by atoms with Gasteiger partial charge in [0.25, 0.3) is 0 Å². The molecule has 5 nitrogen and oxygen atoms in total. The van der Waals surface area contributed by atoms with Crippen molar-refractivity contribution in [3.63, 3.8) is 0 Å². The van der Waals surface area contributed by atoms with E-state index in [1.54, 1.807) is 0 Å². The van der Waals surface area contributed by atoms with Gasteiger partial charge in [0.1, 0.15) is 12.2 Å². The molecular formula is C27H41ClO5. The second-order valence-electron chi connectivity index (χ2n) is 11.6. The Kier molecular flexibility index (Phi) is 6.12. The van der Waals surface area contributed by atoms with E-state index < -0.39 is 17.5 Å². The molecule has 2 heterocycles. The summed E-state index contributed by atoms with van der Waals surface area (Å²) in [4.78, 5) is 0. The molecule has 33 heavy (non-hydrogen) atoms. The topological polar surface area (TPSA) is 57.2 Å². The number of hydrogen-bond donors (Lipinski definition) is 1. The lowest BCUT2D eigenvalue weighted by Gasteiger charge is -2.62. The molecule has 4 aliphatic carbocycles. The molecule has 2 aliphatic heterocycles. The number of aliphatic hydroxyl groups is 1. The molecule has 0 aromatic heterocycles. The van der Waals surface area contributed by atoms with Crippen LogP contribution in [0.2, 0.25) is 0 Å². The van der Waals surface area contributed by atoms with Gasteiger partial charge in [0.05, 0.1) is 6.10 Å². The second-order valence-corrected chi connectivity index (χ2v) is 12.2. The van der Waals surface area contributed by atoms with E-state index in [1.165, 1.54) is 12.0 Å². The zero-order valence-corrected chi connectivity index (χ0v) is 21.6. The van der Waals surface area contributed by atoms with Gasteiger partial charge in [0.2, 0.25) is 5.79 Å². The Morgan fingerprint density at radius 2 is 1.88 bits per heavy atom. The minimum Gasteiger partial charge on any atom is -0.393 e. The molecule has 3 saturated carbocycles. The molecular weight excluding hydrogens is 440 g/mol. The Labute approximate surface area is 203 Å². The predicted octanol–water partition coefficient (Wildman–Crippen LogP) is 5.41. The van der Waals surface area contributed by atoms with Crippen molar-refractivity contribution in [3.05, 3.63) is 23.8 Å². The van der Waals surface area contributed by atoms with Crippen molar-refractivity contribution < 1.29 is 24.1 Å². The summed E-state index contributed by atoms with van der Waals surface area (Å²) < 4.78 is 24.4. The highest BCUT2D eigenvalue weighted by Gasteiger charge is 2.79. The van der Waals surface area contributed by atoms with Crippen LogP contribution in [0.25, 0.3) is 0 Å². The molecule has 5 fully saturated rings. The Morgan fingerprint density at radius 3 is 2.58 bits per heavy atom. The lowest BCUT2D eigenvalue weighted by atomic mass is 9.45. The van der Waals surface area contributed by atoms with Gasteiger partial charge >= 0.3 is 0 Å². The zero-order valence-electron chi connectivity index (χ0n) is 20.8. The fraction of sp³-hybridized carbons (Fsp3) is 0.852. The lowest BCUT2D eigenvalue weighted by Crippen LogP contribution is -2.68. The molecule has 6 heteroatoms. The molecule has 1 unspecified atom stereocenters. The first-order valence-electron chi connectivity index (χ1n) is 12.9. The largest absolute Gasteiger partial charge is 0.393 e. The van der Waals surface area contributed by atoms with Gasteiger partial charge in [0, 0.05) is 22.1 Å². The highest BCUT2D eigenvalue weighted by molar-refractivity contribution is 6.21. The highest BCUT2D eigenvalue weighted by atomic mass is 35.5. The highest BCUT2D eigenvalue weighted by Crippen LogP contribution is 2.73. The molecule has 6 aliphatic rings. The van der Waals surface area contributed by atoms with Crippen LogP contribution in [-0.4, -0.2) is 48.2 Å². The molecule has 2 saturated heterocycles. The number of rotatable bonds is 0. The van der Waals surface area contributed by atoms with Crippen LogP contribution in [0.5, 0.6) is 0 Å². The van der Waals surface area contributed by atoms with E-state index in [1.807, 2.05) is 0 Å². The Balaban J connectivity index is 0.000000724. The summed E-state index contributed by atoms with van der Waals surface area (Å²) in [6, 6.07) is 0. The van der Waals surface area contributed by atoms with E-state index in [2.05, 4.69) is 52.8 Å².